The molecule has 4 amide bonds. The van der Waals surface area contributed by atoms with E-state index in [9.17, 15) is 29.1 Å². The molecule has 0 aromatic carbocycles. The van der Waals surface area contributed by atoms with Crippen LogP contribution in [0.1, 0.15) is 13.3 Å². The summed E-state index contributed by atoms with van der Waals surface area (Å²) in [7, 11) is 0. The SMILES string of the molecule is C[C@H](NC(=O)[C@H](CO)NC(=O)[C@@H](N)CS)C(=O)N[C@@H](CC(N)=O)C(=O)O. The van der Waals surface area contributed by atoms with E-state index in [-0.39, 0.29) is 5.75 Å². The van der Waals surface area contributed by atoms with Crippen LogP contribution < -0.4 is 27.4 Å². The fourth-order valence-corrected chi connectivity index (χ4v) is 1.80. The number of aliphatic hydroxyl groups excluding tert-OH is 1. The van der Waals surface area contributed by atoms with Gasteiger partial charge >= 0.3 is 5.97 Å². The molecule has 0 saturated carbocycles. The van der Waals surface area contributed by atoms with Gasteiger partial charge in [0, 0.05) is 5.75 Å². The molecule has 0 aromatic heterocycles. The standard InChI is InChI=1S/C13H23N5O7S/c1-5(10(21)17-7(13(24)25)2-9(15)20)16-12(23)8(3-19)18-11(22)6(14)4-26/h5-8,19,26H,2-4,14H2,1H3,(H2,15,20)(H,16,23)(H,17,21)(H,18,22)(H,24,25)/t5-,6-,7-,8-/m0/s1. The Morgan fingerprint density at radius 2 is 1.54 bits per heavy atom. The van der Waals surface area contributed by atoms with E-state index in [1.165, 1.54) is 6.92 Å². The highest BCUT2D eigenvalue weighted by Gasteiger charge is 2.28. The highest BCUT2D eigenvalue weighted by molar-refractivity contribution is 7.80. The van der Waals surface area contributed by atoms with Gasteiger partial charge in [0.2, 0.25) is 23.6 Å². The van der Waals surface area contributed by atoms with Crippen LogP contribution in [-0.2, 0) is 24.0 Å². The Hall–Kier alpha value is -2.38. The molecule has 0 spiro atoms. The maximum atomic E-state index is 12.0. The number of aliphatic carboxylic acids is 1. The topological polar surface area (TPSA) is 214 Å². The first-order chi connectivity index (χ1) is 12.0. The Balaban J connectivity index is 4.79. The van der Waals surface area contributed by atoms with Gasteiger partial charge in [-0.25, -0.2) is 4.79 Å². The number of aliphatic hydroxyl groups is 1. The largest absolute Gasteiger partial charge is 0.480 e. The average Bonchev–Trinajstić information content (AvgIpc) is 2.56. The second kappa shape index (κ2) is 11.3. The molecule has 9 N–H and O–H groups in total. The fourth-order valence-electron chi connectivity index (χ4n) is 1.63. The number of carbonyl (C=O) groups excluding carboxylic acids is 4. The second-order valence-electron chi connectivity index (χ2n) is 5.33. The Labute approximate surface area is 154 Å². The highest BCUT2D eigenvalue weighted by Crippen LogP contribution is 1.95. The summed E-state index contributed by atoms with van der Waals surface area (Å²) in [5.74, 6) is -4.91. The summed E-state index contributed by atoms with van der Waals surface area (Å²) in [5.41, 5.74) is 10.3. The molecule has 12 nitrogen and oxygen atoms in total. The molecule has 0 bridgehead atoms. The number of rotatable bonds is 11. The molecule has 4 atom stereocenters. The fraction of sp³-hybridized carbons (Fsp3) is 0.615. The van der Waals surface area contributed by atoms with Gasteiger partial charge < -0.3 is 37.6 Å². The lowest BCUT2D eigenvalue weighted by Crippen LogP contribution is -2.57. The first kappa shape index (κ1) is 23.6. The third-order valence-corrected chi connectivity index (χ3v) is 3.51. The number of amides is 4. The summed E-state index contributed by atoms with van der Waals surface area (Å²) in [5, 5.41) is 24.6. The van der Waals surface area contributed by atoms with E-state index in [0.29, 0.717) is 0 Å². The zero-order valence-electron chi connectivity index (χ0n) is 14.0. The van der Waals surface area contributed by atoms with Crippen molar-refractivity contribution in [2.45, 2.75) is 37.5 Å². The van der Waals surface area contributed by atoms with Gasteiger partial charge in [-0.15, -0.1) is 0 Å². The Bertz CT molecular complexity index is 559. The second-order valence-corrected chi connectivity index (χ2v) is 5.70. The molecule has 0 fully saturated rings. The zero-order valence-corrected chi connectivity index (χ0v) is 14.9. The van der Waals surface area contributed by atoms with Crippen molar-refractivity contribution in [3.8, 4) is 0 Å². The molecule has 0 aliphatic rings. The first-order valence-corrected chi connectivity index (χ1v) is 8.06. The van der Waals surface area contributed by atoms with Gasteiger partial charge in [0.1, 0.15) is 18.1 Å². The first-order valence-electron chi connectivity index (χ1n) is 7.43. The Morgan fingerprint density at radius 3 is 1.96 bits per heavy atom. The van der Waals surface area contributed by atoms with Crippen LogP contribution in [0.2, 0.25) is 0 Å². The van der Waals surface area contributed by atoms with E-state index in [4.69, 9.17) is 16.6 Å². The van der Waals surface area contributed by atoms with E-state index < -0.39 is 66.8 Å². The van der Waals surface area contributed by atoms with Gasteiger partial charge in [-0.3, -0.25) is 19.2 Å². The lowest BCUT2D eigenvalue weighted by atomic mass is 10.1. The third-order valence-electron chi connectivity index (χ3n) is 3.12. The van der Waals surface area contributed by atoms with Crippen molar-refractivity contribution in [3.05, 3.63) is 0 Å². The van der Waals surface area contributed by atoms with Gasteiger partial charge in [0.15, 0.2) is 0 Å². The normalized spacial score (nSPS) is 15.1. The number of hydrogen-bond acceptors (Lipinski definition) is 8. The Morgan fingerprint density at radius 1 is 1.00 bits per heavy atom. The molecule has 0 aromatic rings. The third kappa shape index (κ3) is 8.13. The molecule has 148 valence electrons. The number of carboxylic acid groups (broad SMARTS) is 1. The maximum absolute atomic E-state index is 12.0. The minimum absolute atomic E-state index is 0.0147. The molecule has 0 unspecified atom stereocenters. The maximum Gasteiger partial charge on any atom is 0.326 e. The number of nitrogens with one attached hydrogen (secondary N) is 3. The van der Waals surface area contributed by atoms with Gasteiger partial charge in [0.25, 0.3) is 0 Å². The van der Waals surface area contributed by atoms with Crippen LogP contribution in [0.4, 0.5) is 0 Å². The van der Waals surface area contributed by atoms with Crippen LogP contribution in [0.25, 0.3) is 0 Å². The summed E-state index contributed by atoms with van der Waals surface area (Å²) in [4.78, 5) is 57.4. The summed E-state index contributed by atoms with van der Waals surface area (Å²) < 4.78 is 0. The minimum Gasteiger partial charge on any atom is -0.480 e. The minimum atomic E-state index is -1.55. The smallest absolute Gasteiger partial charge is 0.326 e. The predicted octanol–water partition coefficient (Wildman–Crippen LogP) is -4.33. The van der Waals surface area contributed by atoms with Crippen molar-refractivity contribution in [3.63, 3.8) is 0 Å². The summed E-state index contributed by atoms with van der Waals surface area (Å²) in [6.45, 7) is 0.483. The number of nitrogens with two attached hydrogens (primary N) is 2. The van der Waals surface area contributed by atoms with Crippen LogP contribution in [0.15, 0.2) is 0 Å². The van der Waals surface area contributed by atoms with Crippen LogP contribution in [0, 0.1) is 0 Å². The van der Waals surface area contributed by atoms with Crippen molar-refractivity contribution in [2.75, 3.05) is 12.4 Å². The van der Waals surface area contributed by atoms with Crippen molar-refractivity contribution < 1.29 is 34.2 Å². The molecular formula is C13H23N5O7S. The summed E-state index contributed by atoms with van der Waals surface area (Å²) in [6.07, 6.45) is -0.626. The monoisotopic (exact) mass is 393 g/mol. The molecule has 0 radical (unpaired) electrons. The van der Waals surface area contributed by atoms with E-state index >= 15 is 0 Å². The number of carboxylic acids is 1. The van der Waals surface area contributed by atoms with Gasteiger partial charge in [-0.1, -0.05) is 0 Å². The van der Waals surface area contributed by atoms with Crippen LogP contribution in [-0.4, -0.2) is 76.3 Å². The lowest BCUT2D eigenvalue weighted by molar-refractivity contribution is -0.143. The van der Waals surface area contributed by atoms with Gasteiger partial charge in [-0.05, 0) is 6.92 Å². The van der Waals surface area contributed by atoms with Crippen molar-refractivity contribution >= 4 is 42.2 Å². The zero-order chi connectivity index (χ0) is 20.4. The molecular weight excluding hydrogens is 370 g/mol. The van der Waals surface area contributed by atoms with Crippen LogP contribution in [0.3, 0.4) is 0 Å². The quantitative estimate of drug-likeness (QED) is 0.160. The number of carbonyl (C=O) groups is 5. The molecule has 0 rings (SSSR count). The molecule has 0 aliphatic heterocycles. The summed E-state index contributed by atoms with van der Waals surface area (Å²) in [6, 6.07) is -5.14. The highest BCUT2D eigenvalue weighted by atomic mass is 32.1. The molecule has 0 aliphatic carbocycles. The van der Waals surface area contributed by atoms with Gasteiger partial charge in [-0.2, -0.15) is 12.6 Å². The van der Waals surface area contributed by atoms with Gasteiger partial charge in [0.05, 0.1) is 19.1 Å². The van der Waals surface area contributed by atoms with E-state index in [1.54, 1.807) is 0 Å². The number of hydrogen-bond donors (Lipinski definition) is 8. The van der Waals surface area contributed by atoms with Crippen molar-refractivity contribution in [1.29, 1.82) is 0 Å². The average molecular weight is 393 g/mol. The van der Waals surface area contributed by atoms with E-state index in [2.05, 4.69) is 23.3 Å². The number of thiol groups is 1. The van der Waals surface area contributed by atoms with Crippen LogP contribution in [0.5, 0.6) is 0 Å². The van der Waals surface area contributed by atoms with Crippen molar-refractivity contribution in [2.24, 2.45) is 11.5 Å². The molecule has 0 saturated heterocycles. The summed E-state index contributed by atoms with van der Waals surface area (Å²) >= 11 is 3.83. The van der Waals surface area contributed by atoms with E-state index in [0.717, 1.165) is 0 Å². The number of primary amides is 1. The molecule has 26 heavy (non-hydrogen) atoms. The predicted molar refractivity (Wildman–Crippen MR) is 91.8 cm³/mol. The lowest BCUT2D eigenvalue weighted by Gasteiger charge is -2.22. The van der Waals surface area contributed by atoms with E-state index in [1.807, 2.05) is 5.32 Å². The Kier molecular flexibility index (Phi) is 10.2. The van der Waals surface area contributed by atoms with Crippen molar-refractivity contribution in [1.82, 2.24) is 16.0 Å². The molecule has 13 heteroatoms. The molecule has 0 heterocycles. The van der Waals surface area contributed by atoms with Crippen LogP contribution >= 0.6 is 12.6 Å².